The lowest BCUT2D eigenvalue weighted by Gasteiger charge is -2.13. The Kier molecular flexibility index (Phi) is 5.44. The Morgan fingerprint density at radius 3 is 2.60 bits per heavy atom. The molecule has 30 heavy (non-hydrogen) atoms. The highest BCUT2D eigenvalue weighted by Crippen LogP contribution is 2.25. The minimum Gasteiger partial charge on any atom is -0.464 e. The number of aromatic nitrogens is 1. The number of aromatic amines is 1. The van der Waals surface area contributed by atoms with Gasteiger partial charge in [0.25, 0.3) is 5.91 Å². The van der Waals surface area contributed by atoms with Gasteiger partial charge in [0.1, 0.15) is 11.3 Å². The van der Waals surface area contributed by atoms with Crippen molar-refractivity contribution in [3.05, 3.63) is 58.6 Å². The van der Waals surface area contributed by atoms with E-state index in [4.69, 9.17) is 9.15 Å². The quantitative estimate of drug-likeness (QED) is 0.497. The number of aryl methyl sites for hydroxylation is 2. The molecule has 0 radical (unpaired) electrons. The molecule has 7 heteroatoms. The van der Waals surface area contributed by atoms with Gasteiger partial charge in [0.2, 0.25) is 5.78 Å². The molecule has 0 saturated carbocycles. The van der Waals surface area contributed by atoms with Gasteiger partial charge in [-0.15, -0.1) is 0 Å². The SMILES string of the molecule is Cc1cc2occ(CC(=O)OCC(=O)c3c[nH]c(C(=O)N4CCCC4)c3)c2cc1C. The fourth-order valence-corrected chi connectivity index (χ4v) is 3.68. The van der Waals surface area contributed by atoms with E-state index >= 15 is 0 Å². The van der Waals surface area contributed by atoms with Crippen molar-refractivity contribution in [2.75, 3.05) is 19.7 Å². The second kappa shape index (κ2) is 8.18. The zero-order valence-corrected chi connectivity index (χ0v) is 17.1. The summed E-state index contributed by atoms with van der Waals surface area (Å²) in [6, 6.07) is 5.45. The normalized spacial score (nSPS) is 13.7. The van der Waals surface area contributed by atoms with E-state index in [1.807, 2.05) is 26.0 Å². The van der Waals surface area contributed by atoms with Crippen molar-refractivity contribution in [1.29, 1.82) is 0 Å². The number of furan rings is 1. The summed E-state index contributed by atoms with van der Waals surface area (Å²) in [6.45, 7) is 5.10. The fraction of sp³-hybridized carbons (Fsp3) is 0.348. The maximum absolute atomic E-state index is 12.4. The van der Waals surface area contributed by atoms with Crippen LogP contribution in [-0.2, 0) is 16.0 Å². The molecule has 1 N–H and O–H groups in total. The Morgan fingerprint density at radius 2 is 1.83 bits per heavy atom. The first-order valence-corrected chi connectivity index (χ1v) is 10.1. The van der Waals surface area contributed by atoms with Crippen LogP contribution < -0.4 is 0 Å². The van der Waals surface area contributed by atoms with Crippen LogP contribution in [0, 0.1) is 13.8 Å². The first-order chi connectivity index (χ1) is 14.4. The molecule has 1 fully saturated rings. The molecule has 0 bridgehead atoms. The van der Waals surface area contributed by atoms with E-state index in [-0.39, 0.29) is 24.7 Å². The van der Waals surface area contributed by atoms with Gasteiger partial charge in [-0.3, -0.25) is 14.4 Å². The number of rotatable bonds is 6. The summed E-state index contributed by atoms with van der Waals surface area (Å²) in [5, 5.41) is 0.872. The highest BCUT2D eigenvalue weighted by Gasteiger charge is 2.22. The zero-order chi connectivity index (χ0) is 21.3. The highest BCUT2D eigenvalue weighted by molar-refractivity contribution is 6.01. The predicted octanol–water partition coefficient (Wildman–Crippen LogP) is 3.58. The number of ether oxygens (including phenoxy) is 1. The van der Waals surface area contributed by atoms with Crippen LogP contribution in [0.2, 0.25) is 0 Å². The second-order valence-electron chi connectivity index (χ2n) is 7.76. The van der Waals surface area contributed by atoms with Crippen molar-refractivity contribution in [2.24, 2.45) is 0 Å². The number of fused-ring (bicyclic) bond motifs is 1. The fourth-order valence-electron chi connectivity index (χ4n) is 3.68. The molecule has 1 aliphatic heterocycles. The lowest BCUT2D eigenvalue weighted by atomic mass is 10.0. The van der Waals surface area contributed by atoms with Gasteiger partial charge in [-0.1, -0.05) is 0 Å². The summed E-state index contributed by atoms with van der Waals surface area (Å²) in [7, 11) is 0. The first-order valence-electron chi connectivity index (χ1n) is 10.1. The van der Waals surface area contributed by atoms with Crippen molar-refractivity contribution < 1.29 is 23.5 Å². The summed E-state index contributed by atoms with van der Waals surface area (Å²) in [5.41, 5.74) is 4.38. The number of hydrogen-bond acceptors (Lipinski definition) is 5. The zero-order valence-electron chi connectivity index (χ0n) is 17.1. The Morgan fingerprint density at radius 1 is 1.10 bits per heavy atom. The van der Waals surface area contributed by atoms with Gasteiger partial charge in [-0.05, 0) is 56.0 Å². The summed E-state index contributed by atoms with van der Waals surface area (Å²) in [5.74, 6) is -0.974. The van der Waals surface area contributed by atoms with E-state index in [1.165, 1.54) is 12.3 Å². The van der Waals surface area contributed by atoms with Gasteiger partial charge >= 0.3 is 5.97 Å². The van der Waals surface area contributed by atoms with Crippen LogP contribution in [0.25, 0.3) is 11.0 Å². The van der Waals surface area contributed by atoms with Crippen LogP contribution in [0.5, 0.6) is 0 Å². The lowest BCUT2D eigenvalue weighted by Crippen LogP contribution is -2.27. The average molecular weight is 408 g/mol. The Balaban J connectivity index is 1.34. The smallest absolute Gasteiger partial charge is 0.310 e. The first kappa shape index (κ1) is 19.9. The van der Waals surface area contributed by atoms with Crippen LogP contribution in [0.3, 0.4) is 0 Å². The van der Waals surface area contributed by atoms with E-state index in [9.17, 15) is 14.4 Å². The molecular weight excluding hydrogens is 384 g/mol. The second-order valence-corrected chi connectivity index (χ2v) is 7.76. The van der Waals surface area contributed by atoms with Crippen LogP contribution in [-0.4, -0.2) is 47.2 Å². The average Bonchev–Trinajstić information content (AvgIpc) is 3.48. The molecule has 1 aromatic carbocycles. The summed E-state index contributed by atoms with van der Waals surface area (Å²) in [6.07, 6.45) is 5.05. The number of benzene rings is 1. The van der Waals surface area contributed by atoms with E-state index in [1.54, 1.807) is 11.2 Å². The van der Waals surface area contributed by atoms with E-state index in [0.29, 0.717) is 11.3 Å². The molecule has 1 amide bonds. The maximum Gasteiger partial charge on any atom is 0.310 e. The molecule has 3 aromatic rings. The lowest BCUT2D eigenvalue weighted by molar-refractivity contribution is -0.141. The molecule has 3 heterocycles. The number of nitrogens with zero attached hydrogens (tertiary/aromatic N) is 1. The predicted molar refractivity (Wildman–Crippen MR) is 111 cm³/mol. The molecule has 156 valence electrons. The number of hydrogen-bond donors (Lipinski definition) is 1. The Labute approximate surface area is 174 Å². The van der Waals surface area contributed by atoms with Crippen LogP contribution >= 0.6 is 0 Å². The molecule has 0 spiro atoms. The number of nitrogens with one attached hydrogen (secondary N) is 1. The van der Waals surface area contributed by atoms with Crippen LogP contribution in [0.15, 0.2) is 35.1 Å². The number of carbonyl (C=O) groups is 3. The molecular formula is C23H24N2O5. The van der Waals surface area contributed by atoms with Crippen LogP contribution in [0.1, 0.15) is 50.4 Å². The minimum atomic E-state index is -0.506. The summed E-state index contributed by atoms with van der Waals surface area (Å²) < 4.78 is 10.7. The third-order valence-corrected chi connectivity index (χ3v) is 5.60. The third kappa shape index (κ3) is 4.01. The van der Waals surface area contributed by atoms with Gasteiger partial charge in [0.15, 0.2) is 6.61 Å². The van der Waals surface area contributed by atoms with Gasteiger partial charge < -0.3 is 19.0 Å². The largest absolute Gasteiger partial charge is 0.464 e. The van der Waals surface area contributed by atoms with E-state index in [0.717, 1.165) is 53.6 Å². The number of likely N-dealkylation sites (tertiary alicyclic amines) is 1. The molecule has 7 nitrogen and oxygen atoms in total. The monoisotopic (exact) mass is 408 g/mol. The van der Waals surface area contributed by atoms with Gasteiger partial charge in [0, 0.05) is 35.8 Å². The number of ketones is 1. The molecule has 0 unspecified atom stereocenters. The van der Waals surface area contributed by atoms with E-state index in [2.05, 4.69) is 4.98 Å². The summed E-state index contributed by atoms with van der Waals surface area (Å²) in [4.78, 5) is 41.6. The number of esters is 1. The van der Waals surface area contributed by atoms with E-state index < -0.39 is 5.97 Å². The van der Waals surface area contributed by atoms with Crippen molar-refractivity contribution in [3.63, 3.8) is 0 Å². The molecule has 0 aliphatic carbocycles. The van der Waals surface area contributed by atoms with Crippen molar-refractivity contribution in [3.8, 4) is 0 Å². The molecule has 1 aliphatic rings. The number of carbonyl (C=O) groups excluding carboxylic acids is 3. The Hall–Kier alpha value is -3.35. The summed E-state index contributed by atoms with van der Waals surface area (Å²) >= 11 is 0. The third-order valence-electron chi connectivity index (χ3n) is 5.60. The standard InChI is InChI=1S/C23H24N2O5/c1-14-7-18-17(12-29-21(18)8-15(14)2)10-22(27)30-13-20(26)16-9-19(24-11-16)23(28)25-5-3-4-6-25/h7-9,11-12,24H,3-6,10,13H2,1-2H3. The Bertz CT molecular complexity index is 1120. The van der Waals surface area contributed by atoms with Gasteiger partial charge in [-0.25, -0.2) is 0 Å². The molecule has 4 rings (SSSR count). The number of Topliss-reactive ketones (excluding diaryl/α,β-unsaturated/α-hetero) is 1. The molecule has 2 aromatic heterocycles. The number of amides is 1. The minimum absolute atomic E-state index is 0.0224. The van der Waals surface area contributed by atoms with Crippen LogP contribution in [0.4, 0.5) is 0 Å². The number of H-pyrrole nitrogens is 1. The molecule has 1 saturated heterocycles. The van der Waals surface area contributed by atoms with Crippen molar-refractivity contribution in [1.82, 2.24) is 9.88 Å². The van der Waals surface area contributed by atoms with Crippen molar-refractivity contribution >= 4 is 28.6 Å². The highest BCUT2D eigenvalue weighted by atomic mass is 16.5. The molecule has 0 atom stereocenters. The van der Waals surface area contributed by atoms with Gasteiger partial charge in [0.05, 0.1) is 12.7 Å². The van der Waals surface area contributed by atoms with Gasteiger partial charge in [-0.2, -0.15) is 0 Å². The topological polar surface area (TPSA) is 92.6 Å². The maximum atomic E-state index is 12.4. The van der Waals surface area contributed by atoms with Crippen molar-refractivity contribution in [2.45, 2.75) is 33.1 Å².